The summed E-state index contributed by atoms with van der Waals surface area (Å²) in [5, 5.41) is 13.2. The van der Waals surface area contributed by atoms with E-state index in [1.54, 1.807) is 13.8 Å². The first-order chi connectivity index (χ1) is 9.37. The number of hydrogen-bond donors (Lipinski definition) is 1. The van der Waals surface area contributed by atoms with Gasteiger partial charge in [0.05, 0.1) is 6.61 Å². The van der Waals surface area contributed by atoms with Gasteiger partial charge in [-0.1, -0.05) is 0 Å². The van der Waals surface area contributed by atoms with Crippen molar-refractivity contribution < 1.29 is 17.9 Å². The molecular formula is C13H17NO4S2. The second kappa shape index (κ2) is 5.69. The van der Waals surface area contributed by atoms with E-state index < -0.39 is 10.0 Å². The SMILES string of the molecule is Cc1oc(C)c(S(=O)(=O)N(C)Cc2ccsc2)c1CO. The number of aliphatic hydroxyl groups excluding tert-OH is 1. The summed E-state index contributed by atoms with van der Waals surface area (Å²) in [6.45, 7) is 3.18. The van der Waals surface area contributed by atoms with E-state index in [0.29, 0.717) is 23.6 Å². The molecule has 0 aromatic carbocycles. The Morgan fingerprint density at radius 3 is 2.60 bits per heavy atom. The van der Waals surface area contributed by atoms with Crippen molar-refractivity contribution in [1.29, 1.82) is 0 Å². The minimum absolute atomic E-state index is 0.0789. The Hall–Kier alpha value is -1.15. The lowest BCUT2D eigenvalue weighted by Gasteiger charge is -2.17. The van der Waals surface area contributed by atoms with Crippen LogP contribution in [0.1, 0.15) is 22.6 Å². The minimum atomic E-state index is -3.68. The van der Waals surface area contributed by atoms with Crippen LogP contribution in [0.2, 0.25) is 0 Å². The molecule has 0 fully saturated rings. The molecule has 0 saturated heterocycles. The molecule has 7 heteroatoms. The molecular weight excluding hydrogens is 298 g/mol. The van der Waals surface area contributed by atoms with E-state index in [1.807, 2.05) is 16.8 Å². The molecule has 0 spiro atoms. The third-order valence-electron chi connectivity index (χ3n) is 3.14. The zero-order valence-electron chi connectivity index (χ0n) is 11.6. The highest BCUT2D eigenvalue weighted by atomic mass is 32.2. The van der Waals surface area contributed by atoms with Crippen LogP contribution in [0.4, 0.5) is 0 Å². The van der Waals surface area contributed by atoms with Gasteiger partial charge in [0.2, 0.25) is 10.0 Å². The summed E-state index contributed by atoms with van der Waals surface area (Å²) in [5.41, 5.74) is 1.27. The number of sulfonamides is 1. The van der Waals surface area contributed by atoms with Crippen molar-refractivity contribution in [3.05, 3.63) is 39.5 Å². The maximum absolute atomic E-state index is 12.6. The third-order valence-corrected chi connectivity index (χ3v) is 5.87. The average molecular weight is 315 g/mol. The molecule has 0 bridgehead atoms. The fourth-order valence-electron chi connectivity index (χ4n) is 2.11. The molecule has 0 saturated carbocycles. The van der Waals surface area contributed by atoms with Crippen LogP contribution in [0, 0.1) is 13.8 Å². The Morgan fingerprint density at radius 2 is 2.05 bits per heavy atom. The lowest BCUT2D eigenvalue weighted by Crippen LogP contribution is -2.27. The van der Waals surface area contributed by atoms with Gasteiger partial charge in [-0.2, -0.15) is 15.6 Å². The van der Waals surface area contributed by atoms with Gasteiger partial charge in [0.25, 0.3) is 0 Å². The second-order valence-electron chi connectivity index (χ2n) is 4.57. The van der Waals surface area contributed by atoms with Gasteiger partial charge in [-0.3, -0.25) is 0 Å². The van der Waals surface area contributed by atoms with Crippen LogP contribution < -0.4 is 0 Å². The number of aryl methyl sites for hydroxylation is 2. The van der Waals surface area contributed by atoms with E-state index in [4.69, 9.17) is 4.42 Å². The Labute approximate surface area is 122 Å². The number of aliphatic hydroxyl groups is 1. The average Bonchev–Trinajstić information content (AvgIpc) is 2.96. The van der Waals surface area contributed by atoms with Crippen molar-refractivity contribution in [1.82, 2.24) is 4.31 Å². The van der Waals surface area contributed by atoms with Crippen LogP contribution in [-0.2, 0) is 23.2 Å². The van der Waals surface area contributed by atoms with Gasteiger partial charge in [-0.05, 0) is 36.2 Å². The Balaban J connectivity index is 2.40. The first kappa shape index (κ1) is 15.2. The van der Waals surface area contributed by atoms with Crippen molar-refractivity contribution in [2.45, 2.75) is 31.9 Å². The van der Waals surface area contributed by atoms with E-state index in [-0.39, 0.29) is 11.5 Å². The van der Waals surface area contributed by atoms with Crippen LogP contribution in [-0.4, -0.2) is 24.9 Å². The van der Waals surface area contributed by atoms with E-state index in [2.05, 4.69) is 0 Å². The van der Waals surface area contributed by atoms with Crippen LogP contribution in [0.15, 0.2) is 26.1 Å². The van der Waals surface area contributed by atoms with Crippen LogP contribution in [0.3, 0.4) is 0 Å². The molecule has 2 aromatic heterocycles. The van der Waals surface area contributed by atoms with Gasteiger partial charge in [0.15, 0.2) is 0 Å². The fraction of sp³-hybridized carbons (Fsp3) is 0.385. The Morgan fingerprint density at radius 1 is 1.35 bits per heavy atom. The van der Waals surface area contributed by atoms with Crippen LogP contribution >= 0.6 is 11.3 Å². The zero-order chi connectivity index (χ0) is 14.9. The number of hydrogen-bond acceptors (Lipinski definition) is 5. The molecule has 0 aliphatic rings. The molecule has 110 valence electrons. The first-order valence-electron chi connectivity index (χ1n) is 6.05. The first-order valence-corrected chi connectivity index (χ1v) is 8.43. The lowest BCUT2D eigenvalue weighted by atomic mass is 10.2. The van der Waals surface area contributed by atoms with Crippen molar-refractivity contribution >= 4 is 21.4 Å². The highest BCUT2D eigenvalue weighted by Gasteiger charge is 2.30. The van der Waals surface area contributed by atoms with Gasteiger partial charge >= 0.3 is 0 Å². The smallest absolute Gasteiger partial charge is 0.246 e. The molecule has 2 heterocycles. The highest BCUT2D eigenvalue weighted by Crippen LogP contribution is 2.29. The third kappa shape index (κ3) is 2.67. The number of rotatable bonds is 5. The molecule has 5 nitrogen and oxygen atoms in total. The molecule has 2 aromatic rings. The van der Waals surface area contributed by atoms with E-state index >= 15 is 0 Å². The monoisotopic (exact) mass is 315 g/mol. The Bertz CT molecular complexity index is 686. The predicted molar refractivity (Wildman–Crippen MR) is 77.1 cm³/mol. The van der Waals surface area contributed by atoms with Gasteiger partial charge in [0, 0.05) is 19.2 Å². The summed E-state index contributed by atoms with van der Waals surface area (Å²) < 4.78 is 31.9. The van der Waals surface area contributed by atoms with Gasteiger partial charge in [-0.15, -0.1) is 0 Å². The molecule has 0 amide bonds. The second-order valence-corrected chi connectivity index (χ2v) is 7.33. The van der Waals surface area contributed by atoms with Crippen LogP contribution in [0.5, 0.6) is 0 Å². The van der Waals surface area contributed by atoms with E-state index in [9.17, 15) is 13.5 Å². The number of thiophene rings is 1. The van der Waals surface area contributed by atoms with E-state index in [0.717, 1.165) is 5.56 Å². The quantitative estimate of drug-likeness (QED) is 0.919. The predicted octanol–water partition coefficient (Wildman–Crippen LogP) is 2.27. The standard InChI is InChI=1S/C13H17NO4S2/c1-9-12(7-15)13(10(2)18-9)20(16,17)14(3)6-11-4-5-19-8-11/h4-5,8,15H,6-7H2,1-3H3. The number of nitrogens with zero attached hydrogens (tertiary/aromatic N) is 1. The lowest BCUT2D eigenvalue weighted by molar-refractivity contribution is 0.276. The maximum Gasteiger partial charge on any atom is 0.246 e. The molecule has 2 rings (SSSR count). The summed E-state index contributed by atoms with van der Waals surface area (Å²) in [4.78, 5) is 0.0789. The Kier molecular flexibility index (Phi) is 4.33. The van der Waals surface area contributed by atoms with Crippen molar-refractivity contribution in [3.63, 3.8) is 0 Å². The molecule has 1 N–H and O–H groups in total. The largest absolute Gasteiger partial charge is 0.465 e. The topological polar surface area (TPSA) is 70.8 Å². The van der Waals surface area contributed by atoms with Crippen molar-refractivity contribution in [2.75, 3.05) is 7.05 Å². The molecule has 0 unspecified atom stereocenters. The molecule has 0 atom stereocenters. The fourth-order valence-corrected chi connectivity index (χ4v) is 4.33. The zero-order valence-corrected chi connectivity index (χ0v) is 13.2. The van der Waals surface area contributed by atoms with Crippen molar-refractivity contribution in [3.8, 4) is 0 Å². The van der Waals surface area contributed by atoms with Gasteiger partial charge in [-0.25, -0.2) is 8.42 Å². The normalized spacial score (nSPS) is 12.2. The summed E-state index contributed by atoms with van der Waals surface area (Å²) >= 11 is 1.52. The summed E-state index contributed by atoms with van der Waals surface area (Å²) in [5.74, 6) is 0.747. The van der Waals surface area contributed by atoms with Gasteiger partial charge < -0.3 is 9.52 Å². The molecule has 0 aliphatic carbocycles. The minimum Gasteiger partial charge on any atom is -0.465 e. The van der Waals surface area contributed by atoms with Crippen molar-refractivity contribution in [2.24, 2.45) is 0 Å². The number of furan rings is 1. The summed E-state index contributed by atoms with van der Waals surface area (Å²) in [6, 6.07) is 1.89. The summed E-state index contributed by atoms with van der Waals surface area (Å²) in [6.07, 6.45) is 0. The molecule has 20 heavy (non-hydrogen) atoms. The van der Waals surface area contributed by atoms with Crippen LogP contribution in [0.25, 0.3) is 0 Å². The summed E-state index contributed by atoms with van der Waals surface area (Å²) in [7, 11) is -2.16. The molecule has 0 aliphatic heterocycles. The maximum atomic E-state index is 12.6. The van der Waals surface area contributed by atoms with E-state index in [1.165, 1.54) is 22.7 Å². The molecule has 0 radical (unpaired) electrons. The highest BCUT2D eigenvalue weighted by molar-refractivity contribution is 7.89. The van der Waals surface area contributed by atoms with Gasteiger partial charge in [0.1, 0.15) is 16.4 Å².